The predicted octanol–water partition coefficient (Wildman–Crippen LogP) is 3.73. The van der Waals surface area contributed by atoms with E-state index in [9.17, 15) is 4.79 Å². The van der Waals surface area contributed by atoms with Crippen LogP contribution in [0.15, 0.2) is 55.3 Å². The number of carbonyl (C=O) groups is 1. The van der Waals surface area contributed by atoms with Crippen LogP contribution in [-0.2, 0) is 11.3 Å². The Labute approximate surface area is 160 Å². The summed E-state index contributed by atoms with van der Waals surface area (Å²) in [5, 5.41) is 0. The fourth-order valence-electron chi connectivity index (χ4n) is 2.04. The SMILES string of the molecule is O=C(OCc1ccccc1)N1C=CN(c2cncnc2I)C1I. The lowest BCUT2D eigenvalue weighted by molar-refractivity contribution is 0.112. The Bertz CT molecular complexity index is 726. The van der Waals surface area contributed by atoms with E-state index < -0.39 is 0 Å². The van der Waals surface area contributed by atoms with E-state index in [1.54, 1.807) is 12.4 Å². The Morgan fingerprint density at radius 3 is 2.78 bits per heavy atom. The van der Waals surface area contributed by atoms with Gasteiger partial charge in [0.2, 0.25) is 0 Å². The van der Waals surface area contributed by atoms with Gasteiger partial charge in [-0.25, -0.2) is 14.8 Å². The van der Waals surface area contributed by atoms with Gasteiger partial charge in [-0.1, -0.05) is 30.3 Å². The average Bonchev–Trinajstić information content (AvgIpc) is 2.95. The van der Waals surface area contributed by atoms with Crippen molar-refractivity contribution in [3.8, 4) is 0 Å². The lowest BCUT2D eigenvalue weighted by atomic mass is 10.2. The van der Waals surface area contributed by atoms with E-state index in [0.717, 1.165) is 15.0 Å². The number of ether oxygens (including phenoxy) is 1. The van der Waals surface area contributed by atoms with Crippen molar-refractivity contribution in [3.05, 3.63) is 64.5 Å². The number of hydrogen-bond acceptors (Lipinski definition) is 5. The molecule has 1 atom stereocenters. The molecule has 1 aliphatic rings. The summed E-state index contributed by atoms with van der Waals surface area (Å²) < 4.78 is 5.96. The summed E-state index contributed by atoms with van der Waals surface area (Å²) in [6.45, 7) is 0.249. The van der Waals surface area contributed by atoms with Crippen LogP contribution >= 0.6 is 45.2 Å². The second-order valence-corrected chi connectivity index (χ2v) is 6.80. The molecule has 0 radical (unpaired) electrons. The molecule has 1 amide bonds. The monoisotopic (exact) mass is 534 g/mol. The van der Waals surface area contributed by atoms with E-state index >= 15 is 0 Å². The number of rotatable bonds is 3. The van der Waals surface area contributed by atoms with Crippen molar-refractivity contribution in [3.63, 3.8) is 0 Å². The summed E-state index contributed by atoms with van der Waals surface area (Å²) in [7, 11) is 0. The molecule has 2 heterocycles. The predicted molar refractivity (Wildman–Crippen MR) is 103 cm³/mol. The lowest BCUT2D eigenvalue weighted by Gasteiger charge is -2.26. The molecule has 2 aromatic rings. The third-order valence-corrected chi connectivity index (χ3v) is 5.22. The molecule has 0 bridgehead atoms. The highest BCUT2D eigenvalue weighted by Crippen LogP contribution is 2.30. The maximum Gasteiger partial charge on any atom is 0.416 e. The van der Waals surface area contributed by atoms with E-state index in [0.29, 0.717) is 0 Å². The molecule has 118 valence electrons. The average molecular weight is 534 g/mol. The zero-order valence-electron chi connectivity index (χ0n) is 11.8. The zero-order chi connectivity index (χ0) is 16.2. The number of hydrogen-bond donors (Lipinski definition) is 0. The van der Waals surface area contributed by atoms with Gasteiger partial charge in [-0.15, -0.1) is 0 Å². The summed E-state index contributed by atoms with van der Waals surface area (Å²) in [4.78, 5) is 23.9. The molecule has 0 N–H and O–H groups in total. The molecule has 8 heteroatoms. The number of alkyl halides is 1. The second kappa shape index (κ2) is 7.43. The van der Waals surface area contributed by atoms with Crippen molar-refractivity contribution >= 4 is 57.0 Å². The Balaban J connectivity index is 1.65. The van der Waals surface area contributed by atoms with Crippen LogP contribution in [0.4, 0.5) is 10.5 Å². The minimum atomic E-state index is -0.390. The Kier molecular flexibility index (Phi) is 5.30. The Hall–Kier alpha value is -1.43. The molecule has 1 aliphatic heterocycles. The molecule has 3 rings (SSSR count). The first kappa shape index (κ1) is 16.4. The number of carbonyl (C=O) groups excluding carboxylic acids is 1. The van der Waals surface area contributed by atoms with Gasteiger partial charge in [-0.3, -0.25) is 4.90 Å². The zero-order valence-corrected chi connectivity index (χ0v) is 16.2. The first-order valence-electron chi connectivity index (χ1n) is 6.72. The molecular weight excluding hydrogens is 522 g/mol. The van der Waals surface area contributed by atoms with Crippen molar-refractivity contribution in [2.75, 3.05) is 4.90 Å². The van der Waals surface area contributed by atoms with E-state index in [1.165, 1.54) is 11.2 Å². The largest absolute Gasteiger partial charge is 0.444 e. The fraction of sp³-hybridized carbons (Fsp3) is 0.133. The summed E-state index contributed by atoms with van der Waals surface area (Å²) in [6, 6.07) is 9.60. The van der Waals surface area contributed by atoms with Crippen LogP contribution in [0.3, 0.4) is 0 Å². The second-order valence-electron chi connectivity index (χ2n) is 4.66. The van der Waals surface area contributed by atoms with Crippen LogP contribution in [-0.4, -0.2) is 25.1 Å². The van der Waals surface area contributed by atoms with Crippen LogP contribution in [0.1, 0.15) is 5.56 Å². The summed E-state index contributed by atoms with van der Waals surface area (Å²) >= 11 is 4.32. The number of anilines is 1. The quantitative estimate of drug-likeness (QED) is 0.260. The maximum atomic E-state index is 12.3. The Morgan fingerprint density at radius 2 is 2.04 bits per heavy atom. The molecular formula is C15H12I2N4O2. The molecule has 0 spiro atoms. The Morgan fingerprint density at radius 1 is 1.26 bits per heavy atom. The number of halogens is 2. The molecule has 1 aromatic carbocycles. The minimum Gasteiger partial charge on any atom is -0.444 e. The molecule has 6 nitrogen and oxygen atoms in total. The van der Waals surface area contributed by atoms with Gasteiger partial charge < -0.3 is 9.64 Å². The molecule has 0 fully saturated rings. The van der Waals surface area contributed by atoms with Crippen molar-refractivity contribution < 1.29 is 9.53 Å². The normalized spacial score (nSPS) is 16.7. The van der Waals surface area contributed by atoms with E-state index in [2.05, 4.69) is 55.1 Å². The maximum absolute atomic E-state index is 12.3. The summed E-state index contributed by atoms with van der Waals surface area (Å²) in [5.41, 5.74) is 1.80. The molecule has 1 unspecified atom stereocenters. The minimum absolute atomic E-state index is 0.226. The van der Waals surface area contributed by atoms with Crippen molar-refractivity contribution in [1.29, 1.82) is 0 Å². The third-order valence-electron chi connectivity index (χ3n) is 3.19. The van der Waals surface area contributed by atoms with Crippen LogP contribution in [0.25, 0.3) is 0 Å². The van der Waals surface area contributed by atoms with Crippen molar-refractivity contribution in [2.24, 2.45) is 0 Å². The summed E-state index contributed by atoms with van der Waals surface area (Å²) in [5.74, 6) is 0. The van der Waals surface area contributed by atoms with Crippen LogP contribution in [0.5, 0.6) is 0 Å². The van der Waals surface area contributed by atoms with Gasteiger partial charge in [0, 0.05) is 12.4 Å². The number of aromatic nitrogens is 2. The van der Waals surface area contributed by atoms with Gasteiger partial charge in [0.15, 0.2) is 4.17 Å². The summed E-state index contributed by atoms with van der Waals surface area (Å²) in [6.07, 6.45) is 6.36. The van der Waals surface area contributed by atoms with Crippen LogP contribution in [0.2, 0.25) is 0 Å². The van der Waals surface area contributed by atoms with Gasteiger partial charge in [-0.05, 0) is 50.7 Å². The van der Waals surface area contributed by atoms with E-state index in [-0.39, 0.29) is 16.9 Å². The van der Waals surface area contributed by atoms with E-state index in [4.69, 9.17) is 4.74 Å². The lowest BCUT2D eigenvalue weighted by Crippen LogP contribution is -2.37. The van der Waals surface area contributed by atoms with Crippen molar-refractivity contribution in [2.45, 2.75) is 10.8 Å². The van der Waals surface area contributed by atoms with Gasteiger partial charge in [-0.2, -0.15) is 0 Å². The van der Waals surface area contributed by atoms with Gasteiger partial charge in [0.1, 0.15) is 16.6 Å². The van der Waals surface area contributed by atoms with E-state index in [1.807, 2.05) is 41.4 Å². The highest BCUT2D eigenvalue weighted by atomic mass is 127. The van der Waals surface area contributed by atoms with Gasteiger partial charge >= 0.3 is 6.09 Å². The first-order valence-corrected chi connectivity index (χ1v) is 9.04. The smallest absolute Gasteiger partial charge is 0.416 e. The topological polar surface area (TPSA) is 58.6 Å². The number of nitrogens with zero attached hydrogens (tertiary/aromatic N) is 4. The molecule has 0 aliphatic carbocycles. The van der Waals surface area contributed by atoms with Crippen LogP contribution < -0.4 is 4.90 Å². The highest BCUT2D eigenvalue weighted by molar-refractivity contribution is 14.1. The first-order chi connectivity index (χ1) is 11.2. The molecule has 1 aromatic heterocycles. The number of benzene rings is 1. The molecule has 23 heavy (non-hydrogen) atoms. The van der Waals surface area contributed by atoms with Crippen molar-refractivity contribution in [1.82, 2.24) is 14.9 Å². The number of amides is 1. The van der Waals surface area contributed by atoms with Gasteiger partial charge in [0.25, 0.3) is 0 Å². The third kappa shape index (κ3) is 3.74. The van der Waals surface area contributed by atoms with Gasteiger partial charge in [0.05, 0.1) is 11.9 Å². The highest BCUT2D eigenvalue weighted by Gasteiger charge is 2.31. The standard InChI is InChI=1S/C15H12I2N4O2/c16-13-12(8-18-10-19-13)20-6-7-21(14(20)17)15(22)23-9-11-4-2-1-3-5-11/h1-8,10,14H,9H2. The molecule has 0 saturated heterocycles. The van der Waals surface area contributed by atoms with Crippen LogP contribution in [0, 0.1) is 3.70 Å². The fourth-order valence-corrected chi connectivity index (χ4v) is 3.48. The molecule has 0 saturated carbocycles.